The van der Waals surface area contributed by atoms with Crippen LogP contribution in [0.4, 0.5) is 0 Å². The zero-order valence-corrected chi connectivity index (χ0v) is 22.2. The first-order chi connectivity index (χ1) is 17.1. The van der Waals surface area contributed by atoms with Crippen LogP contribution < -0.4 is 5.73 Å². The maximum absolute atomic E-state index is 13.9. The Kier molecular flexibility index (Phi) is 6.70. The Labute approximate surface area is 216 Å². The number of fused-ring (bicyclic) bond motifs is 3. The number of ketones is 4. The van der Waals surface area contributed by atoms with Crippen molar-refractivity contribution in [2.45, 2.75) is 64.5 Å². The van der Waals surface area contributed by atoms with Crippen molar-refractivity contribution in [3.8, 4) is 5.75 Å². The molecule has 1 amide bonds. The van der Waals surface area contributed by atoms with Crippen LogP contribution in [0.5, 0.6) is 5.75 Å². The number of phenols is 1. The molecular formula is C28H36N2O7. The van der Waals surface area contributed by atoms with Gasteiger partial charge in [-0.05, 0) is 67.8 Å². The predicted octanol–water partition coefficient (Wildman–Crippen LogP) is 1.19. The number of likely N-dealkylation sites (N-methyl/N-ethyl adjacent to an activating group) is 1. The van der Waals surface area contributed by atoms with E-state index in [-0.39, 0.29) is 36.0 Å². The quantitative estimate of drug-likeness (QED) is 0.497. The van der Waals surface area contributed by atoms with Crippen molar-refractivity contribution in [3.63, 3.8) is 0 Å². The van der Waals surface area contributed by atoms with Crippen LogP contribution >= 0.6 is 0 Å². The van der Waals surface area contributed by atoms with Crippen LogP contribution in [0.25, 0.3) is 0 Å². The van der Waals surface area contributed by atoms with Gasteiger partial charge in [0.05, 0.1) is 17.5 Å². The van der Waals surface area contributed by atoms with Gasteiger partial charge in [-0.15, -0.1) is 0 Å². The number of benzene rings is 1. The van der Waals surface area contributed by atoms with Gasteiger partial charge in [-0.1, -0.05) is 33.8 Å². The lowest BCUT2D eigenvalue weighted by molar-refractivity contribution is -0.181. The maximum Gasteiger partial charge on any atom is 0.235 e. The monoisotopic (exact) mass is 512 g/mol. The van der Waals surface area contributed by atoms with Crippen LogP contribution in [0, 0.1) is 29.6 Å². The summed E-state index contributed by atoms with van der Waals surface area (Å²) in [5.74, 6) is -9.83. The van der Waals surface area contributed by atoms with Crippen molar-refractivity contribution in [2.75, 3.05) is 14.1 Å². The van der Waals surface area contributed by atoms with Crippen LogP contribution in [0.2, 0.25) is 0 Å². The molecule has 4 rings (SSSR count). The number of hydrogen-bond donors (Lipinski definition) is 3. The van der Waals surface area contributed by atoms with E-state index in [1.54, 1.807) is 14.1 Å². The third-order valence-corrected chi connectivity index (χ3v) is 8.42. The smallest absolute Gasteiger partial charge is 0.235 e. The molecule has 2 unspecified atom stereocenters. The van der Waals surface area contributed by atoms with Crippen molar-refractivity contribution in [1.29, 1.82) is 0 Å². The molecule has 37 heavy (non-hydrogen) atoms. The van der Waals surface area contributed by atoms with E-state index in [9.17, 15) is 34.2 Å². The van der Waals surface area contributed by atoms with E-state index in [4.69, 9.17) is 5.73 Å². The summed E-state index contributed by atoms with van der Waals surface area (Å²) in [6.07, 6.45) is 0.871. The summed E-state index contributed by atoms with van der Waals surface area (Å²) in [6.45, 7) is 7.99. The fraction of sp³-hybridized carbons (Fsp3) is 0.607. The molecule has 200 valence electrons. The number of amides is 1. The summed E-state index contributed by atoms with van der Waals surface area (Å²) in [5.41, 5.74) is 4.94. The molecule has 0 aromatic heterocycles. The molecule has 0 bridgehead atoms. The summed E-state index contributed by atoms with van der Waals surface area (Å²) in [7, 11) is 3.14. The molecule has 1 aromatic carbocycles. The van der Waals surface area contributed by atoms with E-state index < -0.39 is 64.4 Å². The molecule has 3 aliphatic carbocycles. The molecule has 9 nitrogen and oxygen atoms in total. The summed E-state index contributed by atoms with van der Waals surface area (Å²) in [5, 5.41) is 22.8. The Morgan fingerprint density at radius 3 is 2.27 bits per heavy atom. The molecule has 0 radical (unpaired) electrons. The Balaban J connectivity index is 1.90. The van der Waals surface area contributed by atoms with Gasteiger partial charge in [-0.3, -0.25) is 28.9 Å². The van der Waals surface area contributed by atoms with Gasteiger partial charge < -0.3 is 15.9 Å². The fourth-order valence-corrected chi connectivity index (χ4v) is 6.87. The highest BCUT2D eigenvalue weighted by molar-refractivity contribution is 6.32. The second-order valence-electron chi connectivity index (χ2n) is 11.9. The minimum absolute atomic E-state index is 0.0459. The van der Waals surface area contributed by atoms with Crippen LogP contribution in [0.3, 0.4) is 0 Å². The summed E-state index contributed by atoms with van der Waals surface area (Å²) in [4.78, 5) is 68.0. The zero-order valence-electron chi connectivity index (χ0n) is 22.2. The molecular weight excluding hydrogens is 476 g/mol. The SMILES string of the molecule is CC(C)Cc1cc(C(C)C)c2c(c1O)C(=O)C1C(=O)[C@]3(O)C(=O)C(C(N)=O)C(=O)[C@@H](N(C)C)[C@@H]3C[C@@H]1C2. The maximum atomic E-state index is 13.9. The lowest BCUT2D eigenvalue weighted by Gasteiger charge is -2.52. The lowest BCUT2D eigenvalue weighted by atomic mass is 9.52. The summed E-state index contributed by atoms with van der Waals surface area (Å²) in [6, 6.07) is 0.828. The number of rotatable bonds is 5. The van der Waals surface area contributed by atoms with Gasteiger partial charge in [0.2, 0.25) is 5.91 Å². The molecule has 0 aliphatic heterocycles. The topological polar surface area (TPSA) is 155 Å². The molecule has 3 aliphatic rings. The van der Waals surface area contributed by atoms with Crippen LogP contribution in [0.1, 0.15) is 67.1 Å². The van der Waals surface area contributed by atoms with E-state index in [2.05, 4.69) is 0 Å². The second kappa shape index (κ2) is 9.13. The number of phenolic OH excluding ortho intramolecular Hbond substituents is 1. The van der Waals surface area contributed by atoms with Crippen molar-refractivity contribution >= 4 is 29.0 Å². The normalized spacial score (nSPS) is 31.6. The highest BCUT2D eigenvalue weighted by Gasteiger charge is 2.69. The number of Topliss-reactive ketones (excluding diaryl/α,β-unsaturated/α-hetero) is 4. The molecule has 6 atom stereocenters. The zero-order chi connectivity index (χ0) is 27.7. The molecule has 1 aromatic rings. The molecule has 4 N–H and O–H groups in total. The number of aliphatic hydroxyl groups is 1. The van der Waals surface area contributed by atoms with Gasteiger partial charge in [0.25, 0.3) is 0 Å². The molecule has 9 heteroatoms. The Morgan fingerprint density at radius 2 is 1.76 bits per heavy atom. The predicted molar refractivity (Wildman–Crippen MR) is 134 cm³/mol. The molecule has 0 spiro atoms. The van der Waals surface area contributed by atoms with Crippen LogP contribution in [-0.4, -0.2) is 69.9 Å². The van der Waals surface area contributed by atoms with E-state index in [1.165, 1.54) is 4.90 Å². The number of primary amides is 1. The average molecular weight is 513 g/mol. The van der Waals surface area contributed by atoms with Gasteiger partial charge in [-0.2, -0.15) is 0 Å². The minimum Gasteiger partial charge on any atom is -0.507 e. The van der Waals surface area contributed by atoms with E-state index in [0.29, 0.717) is 17.5 Å². The van der Waals surface area contributed by atoms with Gasteiger partial charge in [-0.25, -0.2) is 0 Å². The van der Waals surface area contributed by atoms with Crippen LogP contribution in [-0.2, 0) is 32.0 Å². The van der Waals surface area contributed by atoms with Gasteiger partial charge in [0, 0.05) is 5.92 Å². The van der Waals surface area contributed by atoms with Crippen molar-refractivity contribution in [1.82, 2.24) is 4.90 Å². The van der Waals surface area contributed by atoms with Crippen molar-refractivity contribution in [3.05, 3.63) is 28.3 Å². The number of aromatic hydroxyl groups is 1. The van der Waals surface area contributed by atoms with Gasteiger partial charge >= 0.3 is 0 Å². The average Bonchev–Trinajstić information content (AvgIpc) is 2.77. The third-order valence-electron chi connectivity index (χ3n) is 8.42. The number of carbonyl (C=O) groups is 5. The first kappa shape index (κ1) is 27.1. The number of hydrogen-bond acceptors (Lipinski definition) is 8. The van der Waals surface area contributed by atoms with E-state index in [0.717, 1.165) is 5.56 Å². The second-order valence-corrected chi connectivity index (χ2v) is 11.9. The third kappa shape index (κ3) is 3.85. The Hall–Kier alpha value is -2.91. The largest absolute Gasteiger partial charge is 0.507 e. The molecule has 2 saturated carbocycles. The Bertz CT molecular complexity index is 1220. The number of nitrogens with two attached hydrogens (primary N) is 1. The van der Waals surface area contributed by atoms with Crippen LogP contribution in [0.15, 0.2) is 6.07 Å². The lowest BCUT2D eigenvalue weighted by Crippen LogP contribution is -2.74. The van der Waals surface area contributed by atoms with E-state index >= 15 is 0 Å². The number of carbonyl (C=O) groups excluding carboxylic acids is 5. The van der Waals surface area contributed by atoms with Gasteiger partial charge in [0.15, 0.2) is 34.7 Å². The highest BCUT2D eigenvalue weighted by Crippen LogP contribution is 2.52. The minimum atomic E-state index is -2.71. The van der Waals surface area contributed by atoms with Crippen molar-refractivity contribution < 1.29 is 34.2 Å². The molecule has 0 heterocycles. The molecule has 2 fully saturated rings. The van der Waals surface area contributed by atoms with E-state index in [1.807, 2.05) is 33.8 Å². The summed E-state index contributed by atoms with van der Waals surface area (Å²) < 4.78 is 0. The first-order valence-electron chi connectivity index (χ1n) is 12.9. The van der Waals surface area contributed by atoms with Gasteiger partial charge in [0.1, 0.15) is 5.75 Å². The highest BCUT2D eigenvalue weighted by atomic mass is 16.3. The fourth-order valence-electron chi connectivity index (χ4n) is 6.87. The number of nitrogens with zero attached hydrogens (tertiary/aromatic N) is 1. The molecule has 0 saturated heterocycles. The first-order valence-corrected chi connectivity index (χ1v) is 12.9. The standard InChI is InChI=1S/C28H36N2O7/c1-11(2)7-14-9-15(12(3)4)16-8-13-10-17-21(30(5)6)24(33)20(27(29)36)26(35)28(17,37)25(34)18(13)23(32)19(16)22(14)31/h9,11-13,17-18,20-21,31,37H,7-8,10H2,1-6H3,(H2,29,36)/t13-,17-,18?,20?,21-,28-/m0/s1. The van der Waals surface area contributed by atoms with Crippen molar-refractivity contribution in [2.24, 2.45) is 35.3 Å². The summed E-state index contributed by atoms with van der Waals surface area (Å²) >= 11 is 0. The Morgan fingerprint density at radius 1 is 1.14 bits per heavy atom.